The van der Waals surface area contributed by atoms with Crippen molar-refractivity contribution in [2.45, 2.75) is 6.18 Å². The lowest BCUT2D eigenvalue weighted by molar-refractivity contribution is -0.137. The molecular weight excluding hydrogens is 267 g/mol. The highest BCUT2D eigenvalue weighted by atomic mass is 35.5. The normalized spacial score (nSPS) is 12.4. The maximum absolute atomic E-state index is 12.6. The Bertz CT molecular complexity index is 748. The van der Waals surface area contributed by atoms with Crippen LogP contribution in [0.25, 0.3) is 16.7 Å². The Labute approximate surface area is 104 Å². The molecule has 0 bridgehead atoms. The summed E-state index contributed by atoms with van der Waals surface area (Å²) < 4.78 is 39.4. The van der Waals surface area contributed by atoms with Gasteiger partial charge in [0.05, 0.1) is 16.6 Å². The van der Waals surface area contributed by atoms with Crippen molar-refractivity contribution in [1.82, 2.24) is 14.4 Å². The summed E-state index contributed by atoms with van der Waals surface area (Å²) in [4.78, 5) is 7.92. The van der Waals surface area contributed by atoms with E-state index in [1.165, 1.54) is 12.3 Å². The number of hydrogen-bond acceptors (Lipinski definition) is 2. The lowest BCUT2D eigenvalue weighted by Gasteiger charge is -2.08. The first-order chi connectivity index (χ1) is 8.47. The first-order valence-corrected chi connectivity index (χ1v) is 5.34. The molecule has 18 heavy (non-hydrogen) atoms. The van der Waals surface area contributed by atoms with Crippen LogP contribution in [0.2, 0.25) is 5.15 Å². The van der Waals surface area contributed by atoms with Crippen LogP contribution in [0.3, 0.4) is 0 Å². The van der Waals surface area contributed by atoms with Gasteiger partial charge in [0.15, 0.2) is 10.8 Å². The molecule has 0 radical (unpaired) electrons. The van der Waals surface area contributed by atoms with Crippen molar-refractivity contribution in [3.8, 4) is 0 Å². The summed E-state index contributed by atoms with van der Waals surface area (Å²) in [6, 6.07) is 3.34. The molecule has 1 aromatic carbocycles. The lowest BCUT2D eigenvalue weighted by atomic mass is 10.2. The number of rotatable bonds is 0. The standard InChI is InChI=1S/C11H5ClF3N3/c12-9-10-16-3-4-18(10)8-2-1-6(11(13,14)15)5-7(8)17-9/h1-5H. The van der Waals surface area contributed by atoms with Gasteiger partial charge in [-0.2, -0.15) is 13.2 Å². The van der Waals surface area contributed by atoms with E-state index in [0.717, 1.165) is 12.1 Å². The molecule has 0 aliphatic rings. The van der Waals surface area contributed by atoms with E-state index in [1.54, 1.807) is 10.6 Å². The Balaban J connectivity index is 2.39. The van der Waals surface area contributed by atoms with Crippen molar-refractivity contribution in [2.75, 3.05) is 0 Å². The maximum Gasteiger partial charge on any atom is 0.416 e. The van der Waals surface area contributed by atoms with Gasteiger partial charge in [0, 0.05) is 12.4 Å². The average Bonchev–Trinajstić information content (AvgIpc) is 2.77. The minimum Gasteiger partial charge on any atom is -0.296 e. The van der Waals surface area contributed by atoms with Crippen LogP contribution in [0.1, 0.15) is 5.56 Å². The number of halogens is 4. The second-order valence-electron chi connectivity index (χ2n) is 3.72. The molecule has 0 aliphatic carbocycles. The Kier molecular flexibility index (Phi) is 2.25. The van der Waals surface area contributed by atoms with Crippen LogP contribution < -0.4 is 0 Å². The van der Waals surface area contributed by atoms with Gasteiger partial charge < -0.3 is 0 Å². The van der Waals surface area contributed by atoms with E-state index in [1.807, 2.05) is 0 Å². The molecule has 7 heteroatoms. The van der Waals surface area contributed by atoms with Crippen LogP contribution in [-0.2, 0) is 6.18 Å². The number of alkyl halides is 3. The zero-order valence-electron chi connectivity index (χ0n) is 8.74. The summed E-state index contributed by atoms with van der Waals surface area (Å²) in [7, 11) is 0. The molecule has 0 atom stereocenters. The largest absolute Gasteiger partial charge is 0.416 e. The van der Waals surface area contributed by atoms with E-state index in [2.05, 4.69) is 9.97 Å². The molecule has 0 N–H and O–H groups in total. The monoisotopic (exact) mass is 271 g/mol. The highest BCUT2D eigenvalue weighted by molar-refractivity contribution is 6.32. The van der Waals surface area contributed by atoms with Crippen molar-refractivity contribution >= 4 is 28.3 Å². The number of imidazole rings is 1. The fraction of sp³-hybridized carbons (Fsp3) is 0.0909. The molecule has 2 aromatic heterocycles. The van der Waals surface area contributed by atoms with Crippen molar-refractivity contribution < 1.29 is 13.2 Å². The third-order valence-corrected chi connectivity index (χ3v) is 2.86. The van der Waals surface area contributed by atoms with E-state index < -0.39 is 11.7 Å². The zero-order valence-corrected chi connectivity index (χ0v) is 9.50. The molecule has 3 aromatic rings. The number of hydrogen-bond donors (Lipinski definition) is 0. The van der Waals surface area contributed by atoms with Crippen molar-refractivity contribution in [3.05, 3.63) is 41.3 Å². The van der Waals surface area contributed by atoms with Crippen LogP contribution in [0, 0.1) is 0 Å². The van der Waals surface area contributed by atoms with Gasteiger partial charge in [-0.05, 0) is 18.2 Å². The van der Waals surface area contributed by atoms with E-state index in [0.29, 0.717) is 11.2 Å². The third-order valence-electron chi connectivity index (χ3n) is 2.61. The average molecular weight is 272 g/mol. The summed E-state index contributed by atoms with van der Waals surface area (Å²) in [5.41, 5.74) is 0.377. The molecular formula is C11H5ClF3N3. The first kappa shape index (κ1) is 11.3. The molecule has 0 spiro atoms. The summed E-state index contributed by atoms with van der Waals surface area (Å²) in [6.07, 6.45) is -1.26. The summed E-state index contributed by atoms with van der Waals surface area (Å²) in [5.74, 6) is 0. The predicted molar refractivity (Wildman–Crippen MR) is 60.5 cm³/mol. The van der Waals surface area contributed by atoms with Gasteiger partial charge in [0.25, 0.3) is 0 Å². The number of aromatic nitrogens is 3. The van der Waals surface area contributed by atoms with Crippen LogP contribution in [0.5, 0.6) is 0 Å². The summed E-state index contributed by atoms with van der Waals surface area (Å²) in [6.45, 7) is 0. The van der Waals surface area contributed by atoms with Gasteiger partial charge in [-0.1, -0.05) is 11.6 Å². The molecule has 0 saturated carbocycles. The molecule has 3 nitrogen and oxygen atoms in total. The van der Waals surface area contributed by atoms with Gasteiger partial charge >= 0.3 is 6.18 Å². The molecule has 0 fully saturated rings. The Morgan fingerprint density at radius 2 is 2.00 bits per heavy atom. The van der Waals surface area contributed by atoms with E-state index in [9.17, 15) is 13.2 Å². The third kappa shape index (κ3) is 1.60. The quantitative estimate of drug-likeness (QED) is 0.626. The van der Waals surface area contributed by atoms with Crippen LogP contribution in [0.4, 0.5) is 13.2 Å². The second-order valence-corrected chi connectivity index (χ2v) is 4.08. The second kappa shape index (κ2) is 3.58. The molecule has 92 valence electrons. The highest BCUT2D eigenvalue weighted by Gasteiger charge is 2.30. The van der Waals surface area contributed by atoms with Crippen LogP contribution in [0.15, 0.2) is 30.6 Å². The predicted octanol–water partition coefficient (Wildman–Crippen LogP) is 3.55. The van der Waals surface area contributed by atoms with Crippen molar-refractivity contribution in [3.63, 3.8) is 0 Å². The van der Waals surface area contributed by atoms with Gasteiger partial charge in [-0.3, -0.25) is 4.40 Å². The Hall–Kier alpha value is -1.82. The van der Waals surface area contributed by atoms with Gasteiger partial charge in [0.1, 0.15) is 0 Å². The number of nitrogens with zero attached hydrogens (tertiary/aromatic N) is 3. The smallest absolute Gasteiger partial charge is 0.296 e. The lowest BCUT2D eigenvalue weighted by Crippen LogP contribution is -2.05. The van der Waals surface area contributed by atoms with Gasteiger partial charge in [-0.25, -0.2) is 9.97 Å². The first-order valence-electron chi connectivity index (χ1n) is 4.96. The van der Waals surface area contributed by atoms with Gasteiger partial charge in [-0.15, -0.1) is 0 Å². The van der Waals surface area contributed by atoms with E-state index in [4.69, 9.17) is 11.6 Å². The number of fused-ring (bicyclic) bond motifs is 3. The van der Waals surface area contributed by atoms with Gasteiger partial charge in [0.2, 0.25) is 0 Å². The minimum absolute atomic E-state index is 0.0758. The fourth-order valence-corrected chi connectivity index (χ4v) is 2.03. The highest BCUT2D eigenvalue weighted by Crippen LogP contribution is 2.31. The topological polar surface area (TPSA) is 30.2 Å². The zero-order chi connectivity index (χ0) is 12.9. The molecule has 0 saturated heterocycles. The molecule has 2 heterocycles. The van der Waals surface area contributed by atoms with E-state index in [-0.39, 0.29) is 10.7 Å². The Morgan fingerprint density at radius 1 is 1.22 bits per heavy atom. The number of benzene rings is 1. The minimum atomic E-state index is -4.40. The summed E-state index contributed by atoms with van der Waals surface area (Å²) >= 11 is 5.87. The van der Waals surface area contributed by atoms with Crippen molar-refractivity contribution in [2.24, 2.45) is 0 Å². The SMILES string of the molecule is FC(F)(F)c1ccc2c(c1)nc(Cl)c1nccn12. The van der Waals surface area contributed by atoms with Crippen LogP contribution >= 0.6 is 11.6 Å². The maximum atomic E-state index is 12.6. The molecule has 0 unspecified atom stereocenters. The molecule has 0 amide bonds. The van der Waals surface area contributed by atoms with Crippen LogP contribution in [-0.4, -0.2) is 14.4 Å². The molecule has 0 aliphatic heterocycles. The van der Waals surface area contributed by atoms with E-state index >= 15 is 0 Å². The summed E-state index contributed by atoms with van der Waals surface area (Å²) in [5, 5.41) is 0.0758. The molecule has 3 rings (SSSR count). The van der Waals surface area contributed by atoms with Crippen molar-refractivity contribution in [1.29, 1.82) is 0 Å². The Morgan fingerprint density at radius 3 is 2.72 bits per heavy atom. The fourth-order valence-electron chi connectivity index (χ4n) is 1.80.